The van der Waals surface area contributed by atoms with Gasteiger partial charge in [-0.2, -0.15) is 0 Å². The summed E-state index contributed by atoms with van der Waals surface area (Å²) in [4.78, 5) is 3.10. The standard InChI is InChI=1S/C12H13FN2OS2/c13-8-1-2-10-11(7-8)15(12(17)14-10)9-3-5-18(16)6-4-9/h1-2,7,9H,3-6H2,(H,14,17). The van der Waals surface area contributed by atoms with E-state index in [9.17, 15) is 8.60 Å². The molecule has 0 unspecified atom stereocenters. The molecule has 3 nitrogen and oxygen atoms in total. The molecule has 1 aromatic carbocycles. The van der Waals surface area contributed by atoms with E-state index in [-0.39, 0.29) is 11.9 Å². The van der Waals surface area contributed by atoms with Crippen LogP contribution in [0.15, 0.2) is 18.2 Å². The van der Waals surface area contributed by atoms with Gasteiger partial charge in [-0.3, -0.25) is 4.21 Å². The molecular weight excluding hydrogens is 271 g/mol. The average Bonchev–Trinajstić information content (AvgIpc) is 2.66. The quantitative estimate of drug-likeness (QED) is 0.818. The molecule has 0 aliphatic carbocycles. The lowest BCUT2D eigenvalue weighted by atomic mass is 10.1. The number of aromatic nitrogens is 2. The highest BCUT2D eigenvalue weighted by molar-refractivity contribution is 7.85. The van der Waals surface area contributed by atoms with Crippen LogP contribution in [-0.2, 0) is 10.8 Å². The largest absolute Gasteiger partial charge is 0.331 e. The third-order valence-corrected chi connectivity index (χ3v) is 5.08. The number of nitrogens with zero attached hydrogens (tertiary/aromatic N) is 1. The zero-order chi connectivity index (χ0) is 12.7. The Bertz CT molecular complexity index is 666. The first-order valence-corrected chi connectivity index (χ1v) is 7.79. The van der Waals surface area contributed by atoms with Gasteiger partial charge in [0.2, 0.25) is 0 Å². The molecule has 0 amide bonds. The summed E-state index contributed by atoms with van der Waals surface area (Å²) >= 11 is 5.32. The van der Waals surface area contributed by atoms with Gasteiger partial charge in [-0.15, -0.1) is 0 Å². The van der Waals surface area contributed by atoms with Crippen LogP contribution in [0.2, 0.25) is 0 Å². The minimum absolute atomic E-state index is 0.228. The van der Waals surface area contributed by atoms with Gasteiger partial charge < -0.3 is 9.55 Å². The van der Waals surface area contributed by atoms with Gasteiger partial charge in [0, 0.05) is 28.3 Å². The van der Waals surface area contributed by atoms with Crippen molar-refractivity contribution in [1.82, 2.24) is 9.55 Å². The SMILES string of the molecule is O=S1CCC(n2c(=S)[nH]c3ccc(F)cc32)CC1. The topological polar surface area (TPSA) is 37.8 Å². The molecule has 1 saturated heterocycles. The normalized spacial score (nSPS) is 24.5. The number of rotatable bonds is 1. The number of hydrogen-bond donors (Lipinski definition) is 1. The minimum Gasteiger partial charge on any atom is -0.331 e. The molecule has 96 valence electrons. The lowest BCUT2D eigenvalue weighted by Gasteiger charge is -2.23. The molecule has 1 aliphatic heterocycles. The van der Waals surface area contributed by atoms with E-state index in [0.29, 0.717) is 16.3 Å². The van der Waals surface area contributed by atoms with Crippen molar-refractivity contribution in [3.05, 3.63) is 28.8 Å². The average molecular weight is 284 g/mol. The van der Waals surface area contributed by atoms with E-state index < -0.39 is 10.8 Å². The maximum absolute atomic E-state index is 13.3. The van der Waals surface area contributed by atoms with E-state index in [1.807, 2.05) is 4.57 Å². The lowest BCUT2D eigenvalue weighted by molar-refractivity contribution is 0.468. The third-order valence-electron chi connectivity index (χ3n) is 3.40. The van der Waals surface area contributed by atoms with Crippen LogP contribution in [0, 0.1) is 10.6 Å². The van der Waals surface area contributed by atoms with Crippen LogP contribution in [0.1, 0.15) is 18.9 Å². The van der Waals surface area contributed by atoms with Gasteiger partial charge in [0.15, 0.2) is 4.77 Å². The first kappa shape index (κ1) is 12.0. The summed E-state index contributed by atoms with van der Waals surface area (Å²) < 4.78 is 27.3. The molecule has 1 aliphatic rings. The molecule has 2 aromatic rings. The third kappa shape index (κ3) is 2.03. The number of hydrogen-bond acceptors (Lipinski definition) is 2. The van der Waals surface area contributed by atoms with Gasteiger partial charge in [-0.05, 0) is 43.3 Å². The van der Waals surface area contributed by atoms with Crippen molar-refractivity contribution in [2.75, 3.05) is 11.5 Å². The van der Waals surface area contributed by atoms with Gasteiger partial charge >= 0.3 is 0 Å². The Morgan fingerprint density at radius 3 is 2.83 bits per heavy atom. The molecular formula is C12H13FN2OS2. The summed E-state index contributed by atoms with van der Waals surface area (Å²) in [5, 5.41) is 0. The van der Waals surface area contributed by atoms with Crippen molar-refractivity contribution in [2.24, 2.45) is 0 Å². The van der Waals surface area contributed by atoms with Crippen LogP contribution in [0.25, 0.3) is 11.0 Å². The van der Waals surface area contributed by atoms with Gasteiger partial charge in [-0.25, -0.2) is 4.39 Å². The highest BCUT2D eigenvalue weighted by atomic mass is 32.2. The fourth-order valence-electron chi connectivity index (χ4n) is 2.50. The Hall–Kier alpha value is -1.01. The molecule has 2 heterocycles. The summed E-state index contributed by atoms with van der Waals surface area (Å²) in [5.41, 5.74) is 1.66. The van der Waals surface area contributed by atoms with Crippen LogP contribution in [0.4, 0.5) is 4.39 Å². The number of imidazole rings is 1. The Morgan fingerprint density at radius 2 is 2.11 bits per heavy atom. The minimum atomic E-state index is -0.699. The summed E-state index contributed by atoms with van der Waals surface area (Å²) in [7, 11) is -0.699. The van der Waals surface area contributed by atoms with Crippen molar-refractivity contribution in [3.63, 3.8) is 0 Å². The molecule has 0 spiro atoms. The molecule has 6 heteroatoms. The molecule has 0 radical (unpaired) electrons. The van der Waals surface area contributed by atoms with Crippen molar-refractivity contribution >= 4 is 34.1 Å². The van der Waals surface area contributed by atoms with Gasteiger partial charge in [0.05, 0.1) is 11.0 Å². The summed E-state index contributed by atoms with van der Waals surface area (Å²) in [6.45, 7) is 0. The Labute approximate surface area is 111 Å². The Kier molecular flexibility index (Phi) is 3.07. The monoisotopic (exact) mass is 284 g/mol. The first-order valence-electron chi connectivity index (χ1n) is 5.90. The van der Waals surface area contributed by atoms with Gasteiger partial charge in [0.1, 0.15) is 5.82 Å². The van der Waals surface area contributed by atoms with E-state index in [1.54, 1.807) is 6.07 Å². The van der Waals surface area contributed by atoms with Crippen molar-refractivity contribution in [3.8, 4) is 0 Å². The summed E-state index contributed by atoms with van der Waals surface area (Å²) in [6.07, 6.45) is 1.68. The van der Waals surface area contributed by atoms with Crippen molar-refractivity contribution < 1.29 is 8.60 Å². The van der Waals surface area contributed by atoms with E-state index in [2.05, 4.69) is 4.98 Å². The zero-order valence-corrected chi connectivity index (χ0v) is 11.3. The van der Waals surface area contributed by atoms with Crippen molar-refractivity contribution in [2.45, 2.75) is 18.9 Å². The second kappa shape index (κ2) is 4.59. The molecule has 0 saturated carbocycles. The van der Waals surface area contributed by atoms with E-state index in [4.69, 9.17) is 12.2 Å². The van der Waals surface area contributed by atoms with Crippen LogP contribution in [0.5, 0.6) is 0 Å². The van der Waals surface area contributed by atoms with Gasteiger partial charge in [0.25, 0.3) is 0 Å². The fraction of sp³-hybridized carbons (Fsp3) is 0.417. The second-order valence-electron chi connectivity index (χ2n) is 4.54. The predicted molar refractivity (Wildman–Crippen MR) is 73.2 cm³/mol. The highest BCUT2D eigenvalue weighted by Gasteiger charge is 2.21. The molecule has 0 atom stereocenters. The number of aromatic amines is 1. The Balaban J connectivity index is 2.10. The molecule has 3 rings (SSSR count). The molecule has 1 N–H and O–H groups in total. The summed E-state index contributed by atoms with van der Waals surface area (Å²) in [5.74, 6) is 1.15. The number of nitrogens with one attached hydrogen (secondary N) is 1. The molecule has 18 heavy (non-hydrogen) atoms. The molecule has 1 fully saturated rings. The first-order chi connectivity index (χ1) is 8.65. The fourth-order valence-corrected chi connectivity index (χ4v) is 4.13. The number of benzene rings is 1. The molecule has 0 bridgehead atoms. The maximum Gasteiger partial charge on any atom is 0.178 e. The number of H-pyrrole nitrogens is 1. The molecule has 1 aromatic heterocycles. The predicted octanol–water partition coefficient (Wildman–Crippen LogP) is 2.92. The van der Waals surface area contributed by atoms with Crippen LogP contribution in [-0.4, -0.2) is 25.3 Å². The van der Waals surface area contributed by atoms with Crippen LogP contribution in [0.3, 0.4) is 0 Å². The van der Waals surface area contributed by atoms with Crippen LogP contribution >= 0.6 is 12.2 Å². The van der Waals surface area contributed by atoms with E-state index in [0.717, 1.165) is 23.9 Å². The number of fused-ring (bicyclic) bond motifs is 1. The highest BCUT2D eigenvalue weighted by Crippen LogP contribution is 2.27. The maximum atomic E-state index is 13.3. The van der Waals surface area contributed by atoms with Crippen molar-refractivity contribution in [1.29, 1.82) is 0 Å². The lowest BCUT2D eigenvalue weighted by Crippen LogP contribution is -2.21. The smallest absolute Gasteiger partial charge is 0.178 e. The number of halogens is 1. The van der Waals surface area contributed by atoms with Crippen LogP contribution < -0.4 is 0 Å². The summed E-state index contributed by atoms with van der Waals surface area (Å²) in [6, 6.07) is 4.87. The Morgan fingerprint density at radius 1 is 1.39 bits per heavy atom. The zero-order valence-electron chi connectivity index (χ0n) is 9.69. The second-order valence-corrected chi connectivity index (χ2v) is 6.62. The van der Waals surface area contributed by atoms with E-state index in [1.165, 1.54) is 12.1 Å². The van der Waals surface area contributed by atoms with E-state index >= 15 is 0 Å². The van der Waals surface area contributed by atoms with Gasteiger partial charge in [-0.1, -0.05) is 0 Å².